The lowest BCUT2D eigenvalue weighted by Crippen LogP contribution is -2.35. The molecule has 0 radical (unpaired) electrons. The molecule has 0 atom stereocenters. The zero-order valence-corrected chi connectivity index (χ0v) is 9.97. The summed E-state index contributed by atoms with van der Waals surface area (Å²) < 4.78 is 7.40. The fraction of sp³-hybridized carbons (Fsp3) is 0.154. The van der Waals surface area contributed by atoms with E-state index in [1.807, 2.05) is 29.0 Å². The normalized spacial score (nSPS) is 10.2. The maximum Gasteiger partial charge on any atom is 0.211 e. The number of para-hydroxylation sites is 1. The highest BCUT2D eigenvalue weighted by atomic mass is 35.5. The van der Waals surface area contributed by atoms with E-state index in [2.05, 4.69) is 0 Å². The number of aromatic hydroxyl groups is 1. The van der Waals surface area contributed by atoms with Gasteiger partial charge in [-0.25, -0.2) is 0 Å². The lowest BCUT2D eigenvalue weighted by atomic mass is 10.3. The van der Waals surface area contributed by atoms with Gasteiger partial charge in [0.1, 0.15) is 12.4 Å². The van der Waals surface area contributed by atoms with Crippen LogP contribution in [0.3, 0.4) is 0 Å². The van der Waals surface area contributed by atoms with E-state index in [-0.39, 0.29) is 5.75 Å². The van der Waals surface area contributed by atoms with Crippen molar-refractivity contribution in [2.24, 2.45) is 0 Å². The summed E-state index contributed by atoms with van der Waals surface area (Å²) in [5, 5.41) is 9.90. The average Bonchev–Trinajstić information content (AvgIpc) is 2.32. The minimum absolute atomic E-state index is 0.241. The number of hydrogen-bond acceptors (Lipinski definition) is 2. The second-order valence-corrected chi connectivity index (χ2v) is 3.99. The van der Waals surface area contributed by atoms with Gasteiger partial charge in [0, 0.05) is 6.07 Å². The second-order valence-electron chi connectivity index (χ2n) is 3.58. The van der Waals surface area contributed by atoms with Crippen LogP contribution in [-0.4, -0.2) is 11.7 Å². The number of halogens is 1. The highest BCUT2D eigenvalue weighted by Gasteiger charge is 2.03. The number of benzene rings is 1. The van der Waals surface area contributed by atoms with Crippen LogP contribution in [0.15, 0.2) is 48.8 Å². The molecule has 0 bridgehead atoms. The van der Waals surface area contributed by atoms with Crippen LogP contribution in [0.5, 0.6) is 11.5 Å². The van der Waals surface area contributed by atoms with Gasteiger partial charge in [-0.3, -0.25) is 0 Å². The van der Waals surface area contributed by atoms with Gasteiger partial charge in [0.05, 0.1) is 5.02 Å². The van der Waals surface area contributed by atoms with E-state index in [9.17, 15) is 5.11 Å². The molecule has 1 heterocycles. The number of nitrogens with zero attached hydrogens (tertiary/aromatic N) is 1. The van der Waals surface area contributed by atoms with Gasteiger partial charge in [-0.2, -0.15) is 4.57 Å². The molecule has 2 rings (SSSR count). The molecule has 0 saturated carbocycles. The summed E-state index contributed by atoms with van der Waals surface area (Å²) in [5.74, 6) is 0.917. The highest BCUT2D eigenvalue weighted by molar-refractivity contribution is 6.32. The molecule has 1 N–H and O–H groups in total. The Hall–Kier alpha value is -1.74. The molecule has 2 aromatic rings. The van der Waals surface area contributed by atoms with Gasteiger partial charge in [0.2, 0.25) is 6.20 Å². The van der Waals surface area contributed by atoms with Crippen molar-refractivity contribution in [1.29, 1.82) is 0 Å². The molecule has 0 aliphatic carbocycles. The standard InChI is InChI=1S/C13H12ClNO2/c14-12-5-1-2-6-13(12)17-9-8-15-7-3-4-11(16)10-15/h1-7,10H,8-9H2/p+1. The molecule has 0 saturated heterocycles. The van der Waals surface area contributed by atoms with Gasteiger partial charge in [-0.15, -0.1) is 0 Å². The van der Waals surface area contributed by atoms with Gasteiger partial charge in [0.25, 0.3) is 0 Å². The number of hydrogen-bond donors (Lipinski definition) is 1. The zero-order chi connectivity index (χ0) is 12.1. The van der Waals surface area contributed by atoms with Gasteiger partial charge < -0.3 is 9.84 Å². The Morgan fingerprint density at radius 3 is 2.76 bits per heavy atom. The van der Waals surface area contributed by atoms with Gasteiger partial charge in [-0.1, -0.05) is 23.7 Å². The van der Waals surface area contributed by atoms with Crippen LogP contribution in [0.4, 0.5) is 0 Å². The molecule has 4 heteroatoms. The second kappa shape index (κ2) is 5.55. The molecule has 1 aromatic heterocycles. The van der Waals surface area contributed by atoms with Crippen LogP contribution in [0.25, 0.3) is 0 Å². The molecule has 17 heavy (non-hydrogen) atoms. The third-order valence-corrected chi connectivity index (χ3v) is 2.60. The maximum atomic E-state index is 9.29. The number of rotatable bonds is 4. The quantitative estimate of drug-likeness (QED) is 0.846. The third kappa shape index (κ3) is 3.36. The zero-order valence-electron chi connectivity index (χ0n) is 9.21. The first kappa shape index (κ1) is 11.7. The lowest BCUT2D eigenvalue weighted by Gasteiger charge is -2.05. The lowest BCUT2D eigenvalue weighted by molar-refractivity contribution is -0.697. The van der Waals surface area contributed by atoms with Crippen molar-refractivity contribution in [1.82, 2.24) is 0 Å². The van der Waals surface area contributed by atoms with Crippen molar-refractivity contribution in [2.75, 3.05) is 6.61 Å². The predicted octanol–water partition coefficient (Wildman–Crippen LogP) is 2.41. The Morgan fingerprint density at radius 1 is 1.18 bits per heavy atom. The van der Waals surface area contributed by atoms with E-state index in [1.165, 1.54) is 0 Å². The topological polar surface area (TPSA) is 33.3 Å². The summed E-state index contributed by atoms with van der Waals surface area (Å²) in [5.41, 5.74) is 0. The van der Waals surface area contributed by atoms with Crippen LogP contribution >= 0.6 is 11.6 Å². The Bertz CT molecular complexity index is 502. The summed E-state index contributed by atoms with van der Waals surface area (Å²) in [6.45, 7) is 1.15. The molecule has 0 unspecified atom stereocenters. The summed E-state index contributed by atoms with van der Waals surface area (Å²) >= 11 is 5.96. The average molecular weight is 251 g/mol. The molecule has 88 valence electrons. The summed E-state index contributed by atoms with van der Waals surface area (Å²) in [4.78, 5) is 0. The third-order valence-electron chi connectivity index (χ3n) is 2.29. The largest absolute Gasteiger partial charge is 0.503 e. The molecule has 0 fully saturated rings. The summed E-state index contributed by atoms with van der Waals surface area (Å²) in [7, 11) is 0. The van der Waals surface area contributed by atoms with Crippen LogP contribution in [0.2, 0.25) is 5.02 Å². The van der Waals surface area contributed by atoms with Crippen molar-refractivity contribution in [2.45, 2.75) is 6.54 Å². The van der Waals surface area contributed by atoms with Crippen molar-refractivity contribution in [3.05, 3.63) is 53.8 Å². The Labute approximate surface area is 105 Å². The maximum absolute atomic E-state index is 9.29. The Balaban J connectivity index is 1.90. The van der Waals surface area contributed by atoms with Crippen LogP contribution in [0.1, 0.15) is 0 Å². The van der Waals surface area contributed by atoms with E-state index in [1.54, 1.807) is 24.4 Å². The van der Waals surface area contributed by atoms with Crippen molar-refractivity contribution >= 4 is 11.6 Å². The first-order valence-corrected chi connectivity index (χ1v) is 5.69. The van der Waals surface area contributed by atoms with Crippen molar-refractivity contribution in [3.63, 3.8) is 0 Å². The predicted molar refractivity (Wildman–Crippen MR) is 65.2 cm³/mol. The SMILES string of the molecule is Oc1ccc[n+](CCOc2ccccc2Cl)c1. The molecule has 1 aromatic carbocycles. The van der Waals surface area contributed by atoms with Crippen LogP contribution in [-0.2, 0) is 6.54 Å². The minimum Gasteiger partial charge on any atom is -0.503 e. The number of pyridine rings is 1. The molecule has 3 nitrogen and oxygen atoms in total. The highest BCUT2D eigenvalue weighted by Crippen LogP contribution is 2.22. The van der Waals surface area contributed by atoms with Crippen molar-refractivity contribution in [3.8, 4) is 11.5 Å². The van der Waals surface area contributed by atoms with Crippen LogP contribution < -0.4 is 9.30 Å². The first-order chi connectivity index (χ1) is 8.25. The molecule has 0 aliphatic heterocycles. The fourth-order valence-corrected chi connectivity index (χ4v) is 1.66. The first-order valence-electron chi connectivity index (χ1n) is 5.31. The van der Waals surface area contributed by atoms with E-state index < -0.39 is 0 Å². The fourth-order valence-electron chi connectivity index (χ4n) is 1.47. The van der Waals surface area contributed by atoms with Gasteiger partial charge >= 0.3 is 0 Å². The van der Waals surface area contributed by atoms with E-state index in [0.29, 0.717) is 23.9 Å². The number of ether oxygens (including phenoxy) is 1. The monoisotopic (exact) mass is 250 g/mol. The molecule has 0 aliphatic rings. The van der Waals surface area contributed by atoms with E-state index in [0.717, 1.165) is 0 Å². The smallest absolute Gasteiger partial charge is 0.211 e. The van der Waals surface area contributed by atoms with E-state index in [4.69, 9.17) is 16.3 Å². The summed E-state index contributed by atoms with van der Waals surface area (Å²) in [6.07, 6.45) is 3.52. The van der Waals surface area contributed by atoms with Crippen molar-refractivity contribution < 1.29 is 14.4 Å². The Kier molecular flexibility index (Phi) is 3.83. The Morgan fingerprint density at radius 2 is 2.00 bits per heavy atom. The minimum atomic E-state index is 0.241. The van der Waals surface area contributed by atoms with Gasteiger partial charge in [-0.05, 0) is 18.2 Å². The molecular formula is C13H13ClNO2+. The summed E-state index contributed by atoms with van der Waals surface area (Å²) in [6, 6.07) is 10.8. The number of aromatic nitrogens is 1. The molecule has 0 spiro atoms. The van der Waals surface area contributed by atoms with E-state index >= 15 is 0 Å². The van der Waals surface area contributed by atoms with Crippen LogP contribution in [0, 0.1) is 0 Å². The molecular weight excluding hydrogens is 238 g/mol. The van der Waals surface area contributed by atoms with Gasteiger partial charge in [0.15, 0.2) is 18.5 Å². The molecule has 0 amide bonds.